The van der Waals surface area contributed by atoms with Crippen LogP contribution in [0.4, 0.5) is 10.7 Å². The molecule has 3 atom stereocenters. The molecule has 1 fully saturated rings. The fraction of sp³-hybridized carbons (Fsp3) is 0.812. The Balaban J connectivity index is 2.08. The Hall–Kier alpha value is -1.79. The number of amides is 1. The molecular formula is C16H29N5O2. The molecule has 2 rings (SSSR count). The number of hydrogen-bond acceptors (Lipinski definition) is 5. The molecular weight excluding hydrogens is 294 g/mol. The number of anilines is 1. The molecule has 0 radical (unpaired) electrons. The van der Waals surface area contributed by atoms with Crippen molar-refractivity contribution in [3.8, 4) is 0 Å². The quantitative estimate of drug-likeness (QED) is 0.902. The van der Waals surface area contributed by atoms with E-state index >= 15 is 0 Å². The molecule has 1 N–H and O–H groups in total. The number of carbonyl (C=O) groups excluding carboxylic acids is 1. The maximum atomic E-state index is 12.5. The molecule has 1 aromatic rings. The van der Waals surface area contributed by atoms with E-state index in [9.17, 15) is 4.79 Å². The van der Waals surface area contributed by atoms with Gasteiger partial charge in [0.2, 0.25) is 5.95 Å². The van der Waals surface area contributed by atoms with E-state index in [0.717, 1.165) is 25.7 Å². The fourth-order valence-electron chi connectivity index (χ4n) is 3.27. The van der Waals surface area contributed by atoms with Crippen molar-refractivity contribution < 1.29 is 9.53 Å². The Kier molecular flexibility index (Phi) is 5.85. The van der Waals surface area contributed by atoms with Crippen LogP contribution in [0.2, 0.25) is 0 Å². The third kappa shape index (κ3) is 4.36. The lowest BCUT2D eigenvalue weighted by molar-refractivity contribution is 0.0254. The average Bonchev–Trinajstić information content (AvgIpc) is 2.90. The lowest BCUT2D eigenvalue weighted by atomic mass is 9.89. The van der Waals surface area contributed by atoms with Crippen LogP contribution in [0.25, 0.3) is 0 Å². The number of likely N-dealkylation sites (tertiary alicyclic amines) is 1. The standard InChI is InChI=1S/C16H29N5O2/c1-6-13-8-12(18-15-17-10-20(5)19-15)9-14(7-2)21(13)16(22)23-11(3)4/h10-14H,6-9H2,1-5H3,(H,18,19)/t12?,13-,14+. The van der Waals surface area contributed by atoms with Crippen LogP contribution in [0.3, 0.4) is 0 Å². The van der Waals surface area contributed by atoms with Crippen molar-refractivity contribution in [2.45, 2.75) is 77.6 Å². The summed E-state index contributed by atoms with van der Waals surface area (Å²) in [6.45, 7) is 8.02. The molecule has 130 valence electrons. The number of carbonyl (C=O) groups is 1. The molecule has 0 saturated carbocycles. The number of hydrogen-bond donors (Lipinski definition) is 1. The predicted octanol–water partition coefficient (Wildman–Crippen LogP) is 2.79. The zero-order valence-corrected chi connectivity index (χ0v) is 14.8. The second-order valence-electron chi connectivity index (χ2n) is 6.52. The number of aryl methyl sites for hydroxylation is 1. The van der Waals surface area contributed by atoms with Crippen molar-refractivity contribution in [1.82, 2.24) is 19.7 Å². The minimum atomic E-state index is -0.187. The molecule has 7 heteroatoms. The number of aromatic nitrogens is 3. The number of nitrogens with zero attached hydrogens (tertiary/aromatic N) is 4. The van der Waals surface area contributed by atoms with E-state index in [1.165, 1.54) is 0 Å². The monoisotopic (exact) mass is 323 g/mol. The molecule has 1 aliphatic heterocycles. The summed E-state index contributed by atoms with van der Waals surface area (Å²) < 4.78 is 7.14. The third-order valence-electron chi connectivity index (χ3n) is 4.32. The molecule has 1 aliphatic rings. The minimum absolute atomic E-state index is 0.0916. The van der Waals surface area contributed by atoms with Gasteiger partial charge < -0.3 is 15.0 Å². The smallest absolute Gasteiger partial charge is 0.410 e. The summed E-state index contributed by atoms with van der Waals surface area (Å²) in [6, 6.07) is 0.637. The van der Waals surface area contributed by atoms with Gasteiger partial charge in [-0.15, -0.1) is 5.10 Å². The molecule has 0 aliphatic carbocycles. The summed E-state index contributed by atoms with van der Waals surface area (Å²) >= 11 is 0. The van der Waals surface area contributed by atoms with Crippen molar-refractivity contribution >= 4 is 12.0 Å². The fourth-order valence-corrected chi connectivity index (χ4v) is 3.27. The number of rotatable bonds is 5. The van der Waals surface area contributed by atoms with E-state index in [-0.39, 0.29) is 30.3 Å². The molecule has 1 amide bonds. The van der Waals surface area contributed by atoms with Gasteiger partial charge in [0.25, 0.3) is 0 Å². The van der Waals surface area contributed by atoms with Crippen molar-refractivity contribution in [3.63, 3.8) is 0 Å². The van der Waals surface area contributed by atoms with Crippen molar-refractivity contribution in [2.24, 2.45) is 7.05 Å². The summed E-state index contributed by atoms with van der Waals surface area (Å²) in [7, 11) is 1.85. The first-order valence-electron chi connectivity index (χ1n) is 8.55. The van der Waals surface area contributed by atoms with Crippen LogP contribution in [0.5, 0.6) is 0 Å². The van der Waals surface area contributed by atoms with E-state index in [1.807, 2.05) is 25.8 Å². The summed E-state index contributed by atoms with van der Waals surface area (Å²) in [4.78, 5) is 18.7. The van der Waals surface area contributed by atoms with Gasteiger partial charge in [-0.3, -0.25) is 4.68 Å². The first-order chi connectivity index (χ1) is 10.9. The highest BCUT2D eigenvalue weighted by Crippen LogP contribution is 2.29. The van der Waals surface area contributed by atoms with E-state index < -0.39 is 0 Å². The second kappa shape index (κ2) is 7.66. The highest BCUT2D eigenvalue weighted by atomic mass is 16.6. The van der Waals surface area contributed by atoms with E-state index in [2.05, 4.69) is 29.2 Å². The molecule has 0 spiro atoms. The summed E-state index contributed by atoms with van der Waals surface area (Å²) in [5.41, 5.74) is 0. The molecule has 7 nitrogen and oxygen atoms in total. The first-order valence-corrected chi connectivity index (χ1v) is 8.55. The van der Waals surface area contributed by atoms with Gasteiger partial charge in [0, 0.05) is 25.2 Å². The summed E-state index contributed by atoms with van der Waals surface area (Å²) in [5, 5.41) is 7.70. The van der Waals surface area contributed by atoms with Gasteiger partial charge in [0.15, 0.2) is 0 Å². The SMILES string of the molecule is CC[C@@H]1CC(Nc2ncn(C)n2)C[C@H](CC)N1C(=O)OC(C)C. The number of nitrogens with one attached hydrogen (secondary N) is 1. The summed E-state index contributed by atoms with van der Waals surface area (Å²) in [6.07, 6.45) is 5.01. The number of piperidine rings is 1. The first kappa shape index (κ1) is 17.6. The number of ether oxygens (including phenoxy) is 1. The second-order valence-corrected chi connectivity index (χ2v) is 6.52. The van der Waals surface area contributed by atoms with Crippen LogP contribution >= 0.6 is 0 Å². The minimum Gasteiger partial charge on any atom is -0.447 e. The van der Waals surface area contributed by atoms with Gasteiger partial charge in [-0.05, 0) is 39.5 Å². The zero-order valence-electron chi connectivity index (χ0n) is 14.8. The highest BCUT2D eigenvalue weighted by molar-refractivity contribution is 5.69. The van der Waals surface area contributed by atoms with Gasteiger partial charge in [-0.25, -0.2) is 9.78 Å². The molecule has 2 heterocycles. The lowest BCUT2D eigenvalue weighted by Crippen LogP contribution is -2.55. The maximum Gasteiger partial charge on any atom is 0.410 e. The maximum absolute atomic E-state index is 12.5. The van der Waals surface area contributed by atoms with Crippen molar-refractivity contribution in [3.05, 3.63) is 6.33 Å². The Morgan fingerprint density at radius 3 is 2.39 bits per heavy atom. The third-order valence-corrected chi connectivity index (χ3v) is 4.32. The van der Waals surface area contributed by atoms with Crippen molar-refractivity contribution in [2.75, 3.05) is 5.32 Å². The van der Waals surface area contributed by atoms with Crippen LogP contribution in [-0.4, -0.2) is 50.0 Å². The molecule has 23 heavy (non-hydrogen) atoms. The largest absolute Gasteiger partial charge is 0.447 e. The van der Waals surface area contributed by atoms with Gasteiger partial charge in [-0.1, -0.05) is 13.8 Å². The molecule has 1 saturated heterocycles. The van der Waals surface area contributed by atoms with E-state index in [0.29, 0.717) is 5.95 Å². The van der Waals surface area contributed by atoms with Crippen LogP contribution < -0.4 is 5.32 Å². The molecule has 1 aromatic heterocycles. The van der Waals surface area contributed by atoms with Gasteiger partial charge >= 0.3 is 6.09 Å². The molecule has 0 bridgehead atoms. The lowest BCUT2D eigenvalue weighted by Gasteiger charge is -2.44. The van der Waals surface area contributed by atoms with E-state index in [1.54, 1.807) is 11.0 Å². The molecule has 1 unspecified atom stereocenters. The molecule has 0 aromatic carbocycles. The Labute approximate surface area is 138 Å². The zero-order chi connectivity index (χ0) is 17.0. The Morgan fingerprint density at radius 1 is 1.35 bits per heavy atom. The van der Waals surface area contributed by atoms with Gasteiger partial charge in [-0.2, -0.15) is 0 Å². The van der Waals surface area contributed by atoms with E-state index in [4.69, 9.17) is 4.74 Å². The average molecular weight is 323 g/mol. The van der Waals surface area contributed by atoms with Crippen LogP contribution in [0, 0.1) is 0 Å². The van der Waals surface area contributed by atoms with Crippen molar-refractivity contribution in [1.29, 1.82) is 0 Å². The van der Waals surface area contributed by atoms with Crippen LogP contribution in [-0.2, 0) is 11.8 Å². The normalized spacial score (nSPS) is 24.8. The highest BCUT2D eigenvalue weighted by Gasteiger charge is 2.38. The Bertz CT molecular complexity index is 502. The van der Waals surface area contributed by atoms with Crippen LogP contribution in [0.1, 0.15) is 53.4 Å². The Morgan fingerprint density at radius 2 is 1.96 bits per heavy atom. The summed E-state index contributed by atoms with van der Waals surface area (Å²) in [5.74, 6) is 0.653. The van der Waals surface area contributed by atoms with Crippen LogP contribution in [0.15, 0.2) is 6.33 Å². The van der Waals surface area contributed by atoms with Gasteiger partial charge in [0.05, 0.1) is 6.10 Å². The van der Waals surface area contributed by atoms with Gasteiger partial charge in [0.1, 0.15) is 6.33 Å². The topological polar surface area (TPSA) is 72.3 Å². The predicted molar refractivity (Wildman–Crippen MR) is 89.3 cm³/mol.